The van der Waals surface area contributed by atoms with Gasteiger partial charge in [-0.3, -0.25) is 4.79 Å². The smallest absolute Gasteiger partial charge is 0.401 e. The minimum atomic E-state index is -0.824. The molecular formula is C9H9NO3. The van der Waals surface area contributed by atoms with E-state index in [1.54, 1.807) is 6.08 Å². The number of hydrogen-bond donors (Lipinski definition) is 1. The Bertz CT molecular complexity index is 341. The first kappa shape index (κ1) is 8.04. The molecule has 4 heteroatoms. The third-order valence-electron chi connectivity index (χ3n) is 2.10. The molecule has 0 radical (unpaired) electrons. The lowest BCUT2D eigenvalue weighted by atomic mass is 9.99. The van der Waals surface area contributed by atoms with Gasteiger partial charge in [0.2, 0.25) is 0 Å². The Morgan fingerprint density at radius 3 is 3.00 bits per heavy atom. The number of rotatable bonds is 0. The van der Waals surface area contributed by atoms with E-state index in [2.05, 4.69) is 5.32 Å². The molecule has 0 bridgehead atoms. The van der Waals surface area contributed by atoms with Crippen LogP contribution in [-0.4, -0.2) is 17.9 Å². The second-order valence-electron chi connectivity index (χ2n) is 3.20. The number of carbonyl (C=O) groups is 2. The third kappa shape index (κ3) is 1.35. The fourth-order valence-electron chi connectivity index (χ4n) is 1.43. The summed E-state index contributed by atoms with van der Waals surface area (Å²) in [6.45, 7) is 1.97. The lowest BCUT2D eigenvalue weighted by Gasteiger charge is -2.27. The van der Waals surface area contributed by atoms with Crippen molar-refractivity contribution in [1.29, 1.82) is 0 Å². The number of nitrogens with one attached hydrogen (secondary N) is 1. The van der Waals surface area contributed by atoms with E-state index in [0.29, 0.717) is 12.2 Å². The van der Waals surface area contributed by atoms with E-state index in [1.807, 2.05) is 13.0 Å². The molecule has 4 nitrogen and oxygen atoms in total. The van der Waals surface area contributed by atoms with Gasteiger partial charge in [-0.05, 0) is 19.4 Å². The topological polar surface area (TPSA) is 55.4 Å². The van der Waals surface area contributed by atoms with Gasteiger partial charge in [-0.15, -0.1) is 0 Å². The number of hydrogen-bond acceptors (Lipinski definition) is 3. The molecule has 1 aliphatic carbocycles. The highest BCUT2D eigenvalue weighted by molar-refractivity contribution is 6.33. The van der Waals surface area contributed by atoms with Crippen LogP contribution in [0.25, 0.3) is 0 Å². The summed E-state index contributed by atoms with van der Waals surface area (Å²) < 4.78 is 4.82. The third-order valence-corrected chi connectivity index (χ3v) is 2.10. The molecule has 1 heterocycles. The van der Waals surface area contributed by atoms with Crippen molar-refractivity contribution in [3.8, 4) is 0 Å². The van der Waals surface area contributed by atoms with E-state index >= 15 is 0 Å². The normalized spacial score (nSPS) is 26.7. The molecule has 1 amide bonds. The summed E-state index contributed by atoms with van der Waals surface area (Å²) in [6, 6.07) is -0.157. The van der Waals surface area contributed by atoms with Crippen LogP contribution in [0.4, 0.5) is 0 Å². The van der Waals surface area contributed by atoms with Crippen molar-refractivity contribution in [3.05, 3.63) is 23.5 Å². The number of allylic oxidation sites excluding steroid dienone is 2. The van der Waals surface area contributed by atoms with Gasteiger partial charge in [0, 0.05) is 0 Å². The highest BCUT2D eigenvalue weighted by atomic mass is 16.5. The largest absolute Gasteiger partial charge is 0.422 e. The van der Waals surface area contributed by atoms with Crippen LogP contribution in [0.15, 0.2) is 23.5 Å². The van der Waals surface area contributed by atoms with Gasteiger partial charge in [0.1, 0.15) is 5.76 Å². The van der Waals surface area contributed by atoms with Crippen molar-refractivity contribution in [1.82, 2.24) is 5.32 Å². The zero-order valence-corrected chi connectivity index (χ0v) is 7.16. The van der Waals surface area contributed by atoms with Crippen LogP contribution >= 0.6 is 0 Å². The molecule has 1 fully saturated rings. The van der Waals surface area contributed by atoms with Gasteiger partial charge in [0.05, 0.1) is 6.04 Å². The summed E-state index contributed by atoms with van der Waals surface area (Å²) in [5.41, 5.74) is 1.16. The van der Waals surface area contributed by atoms with Crippen molar-refractivity contribution < 1.29 is 14.3 Å². The molecule has 0 aromatic carbocycles. The predicted molar refractivity (Wildman–Crippen MR) is 44.5 cm³/mol. The number of fused-ring (bicyclic) bond motifs is 1. The average molecular weight is 179 g/mol. The Morgan fingerprint density at radius 2 is 2.23 bits per heavy atom. The molecule has 2 rings (SSSR count). The number of carbonyl (C=O) groups excluding carboxylic acids is 2. The summed E-state index contributed by atoms with van der Waals surface area (Å²) in [5.74, 6) is -0.942. The molecular weight excluding hydrogens is 170 g/mol. The van der Waals surface area contributed by atoms with Crippen LogP contribution < -0.4 is 5.32 Å². The molecule has 1 unspecified atom stereocenters. The Balaban J connectivity index is 2.26. The minimum absolute atomic E-state index is 0.157. The summed E-state index contributed by atoms with van der Waals surface area (Å²) >= 11 is 0. The molecule has 2 aliphatic rings. The predicted octanol–water partition coefficient (Wildman–Crippen LogP) is 0.262. The number of esters is 1. The van der Waals surface area contributed by atoms with Gasteiger partial charge in [-0.25, -0.2) is 4.79 Å². The summed E-state index contributed by atoms with van der Waals surface area (Å²) in [7, 11) is 0. The van der Waals surface area contributed by atoms with E-state index in [9.17, 15) is 9.59 Å². The van der Waals surface area contributed by atoms with Crippen LogP contribution in [0.5, 0.6) is 0 Å². The van der Waals surface area contributed by atoms with Crippen LogP contribution in [0.2, 0.25) is 0 Å². The van der Waals surface area contributed by atoms with Gasteiger partial charge in [-0.1, -0.05) is 11.6 Å². The van der Waals surface area contributed by atoms with Gasteiger partial charge >= 0.3 is 11.9 Å². The fraction of sp³-hybridized carbons (Fsp3) is 0.333. The Labute approximate surface area is 75.3 Å². The number of ether oxygens (including phenoxy) is 1. The quantitative estimate of drug-likeness (QED) is 0.428. The monoisotopic (exact) mass is 179 g/mol. The van der Waals surface area contributed by atoms with Gasteiger partial charge < -0.3 is 10.1 Å². The van der Waals surface area contributed by atoms with E-state index in [1.165, 1.54) is 0 Å². The number of amides is 1. The Morgan fingerprint density at radius 1 is 1.46 bits per heavy atom. The van der Waals surface area contributed by atoms with Crippen molar-refractivity contribution in [2.24, 2.45) is 0 Å². The maximum atomic E-state index is 10.9. The van der Waals surface area contributed by atoms with Gasteiger partial charge in [0.25, 0.3) is 0 Å². The van der Waals surface area contributed by atoms with E-state index in [4.69, 9.17) is 4.74 Å². The first-order valence-electron chi connectivity index (χ1n) is 4.07. The maximum absolute atomic E-state index is 10.9. The maximum Gasteiger partial charge on any atom is 0.401 e. The second kappa shape index (κ2) is 2.73. The lowest BCUT2D eigenvalue weighted by molar-refractivity contribution is -0.155. The van der Waals surface area contributed by atoms with Gasteiger partial charge in [0.15, 0.2) is 0 Å². The van der Waals surface area contributed by atoms with E-state index < -0.39 is 11.9 Å². The first-order chi connectivity index (χ1) is 6.16. The molecule has 68 valence electrons. The molecule has 0 aromatic rings. The second-order valence-corrected chi connectivity index (χ2v) is 3.20. The van der Waals surface area contributed by atoms with Crippen LogP contribution in [0.3, 0.4) is 0 Å². The summed E-state index contributed by atoms with van der Waals surface area (Å²) in [6.07, 6.45) is 4.32. The molecule has 1 N–H and O–H groups in total. The Hall–Kier alpha value is -1.58. The van der Waals surface area contributed by atoms with E-state index in [-0.39, 0.29) is 6.04 Å². The standard InChI is InChI=1S/C9H9NO3/c1-5-2-3-7-6(4-5)10-8(11)9(12)13-7/h2-3,6H,4H2,1H3,(H,10,11). The molecule has 13 heavy (non-hydrogen) atoms. The molecule has 0 aromatic heterocycles. The SMILES string of the molecule is CC1=CC=C2OC(=O)C(=O)NC2C1. The number of morpholine rings is 1. The van der Waals surface area contributed by atoms with Crippen molar-refractivity contribution >= 4 is 11.9 Å². The van der Waals surface area contributed by atoms with Crippen LogP contribution in [0.1, 0.15) is 13.3 Å². The minimum Gasteiger partial charge on any atom is -0.422 e. The van der Waals surface area contributed by atoms with E-state index in [0.717, 1.165) is 5.57 Å². The average Bonchev–Trinajstić information content (AvgIpc) is 2.08. The zero-order valence-electron chi connectivity index (χ0n) is 7.16. The lowest BCUT2D eigenvalue weighted by Crippen LogP contribution is -2.47. The fourth-order valence-corrected chi connectivity index (χ4v) is 1.43. The first-order valence-corrected chi connectivity index (χ1v) is 4.07. The van der Waals surface area contributed by atoms with Crippen LogP contribution in [-0.2, 0) is 14.3 Å². The molecule has 1 atom stereocenters. The molecule has 1 saturated heterocycles. The van der Waals surface area contributed by atoms with Crippen molar-refractivity contribution in [2.75, 3.05) is 0 Å². The molecule has 0 spiro atoms. The van der Waals surface area contributed by atoms with Crippen molar-refractivity contribution in [2.45, 2.75) is 19.4 Å². The highest BCUT2D eigenvalue weighted by Crippen LogP contribution is 2.22. The van der Waals surface area contributed by atoms with Gasteiger partial charge in [-0.2, -0.15) is 0 Å². The van der Waals surface area contributed by atoms with Crippen LogP contribution in [0, 0.1) is 0 Å². The summed E-state index contributed by atoms with van der Waals surface area (Å²) in [4.78, 5) is 21.8. The zero-order chi connectivity index (χ0) is 9.42. The highest BCUT2D eigenvalue weighted by Gasteiger charge is 2.32. The molecule has 0 saturated carbocycles. The summed E-state index contributed by atoms with van der Waals surface area (Å²) in [5, 5.41) is 2.58. The Kier molecular flexibility index (Phi) is 1.69. The van der Waals surface area contributed by atoms with Crippen molar-refractivity contribution in [3.63, 3.8) is 0 Å². The molecule has 1 aliphatic heterocycles.